The molecule has 0 aliphatic heterocycles. The molecule has 0 N–H and O–H groups in total. The minimum atomic E-state index is 0.583. The molecular formula is C40H23N3O. The Morgan fingerprint density at radius 3 is 2.02 bits per heavy atom. The fraction of sp³-hybridized carbons (Fsp3) is 0. The SMILES string of the molecule is c1ccc(-c2nc(-n3c4ccccc4c4c5ccc6ccc7ccccc7c6c5ccc43)nc3oc4ccccc4c23)cc1. The lowest BCUT2D eigenvalue weighted by molar-refractivity contribution is 0.651. The molecule has 4 nitrogen and oxygen atoms in total. The van der Waals surface area contributed by atoms with Gasteiger partial charge in [-0.25, -0.2) is 4.98 Å². The molecule has 0 spiro atoms. The van der Waals surface area contributed by atoms with E-state index in [9.17, 15) is 0 Å². The maximum Gasteiger partial charge on any atom is 0.238 e. The van der Waals surface area contributed by atoms with Crippen LogP contribution in [0.25, 0.3) is 93.4 Å². The van der Waals surface area contributed by atoms with Crippen molar-refractivity contribution in [3.8, 4) is 17.2 Å². The summed E-state index contributed by atoms with van der Waals surface area (Å²) in [5.41, 5.74) is 5.39. The van der Waals surface area contributed by atoms with Gasteiger partial charge in [-0.1, -0.05) is 121 Å². The van der Waals surface area contributed by atoms with Crippen LogP contribution in [0.5, 0.6) is 0 Å². The van der Waals surface area contributed by atoms with E-state index in [0.29, 0.717) is 11.7 Å². The minimum absolute atomic E-state index is 0.583. The molecule has 4 heteroatoms. The molecule has 0 bridgehead atoms. The number of furan rings is 1. The molecule has 204 valence electrons. The van der Waals surface area contributed by atoms with E-state index in [-0.39, 0.29) is 0 Å². The zero-order chi connectivity index (χ0) is 28.8. The predicted molar refractivity (Wildman–Crippen MR) is 182 cm³/mol. The van der Waals surface area contributed by atoms with E-state index in [2.05, 4.69) is 108 Å². The third-order valence-corrected chi connectivity index (χ3v) is 9.01. The summed E-state index contributed by atoms with van der Waals surface area (Å²) in [6.45, 7) is 0. The molecule has 0 saturated heterocycles. The second-order valence-corrected chi connectivity index (χ2v) is 11.4. The molecule has 0 aliphatic rings. The zero-order valence-electron chi connectivity index (χ0n) is 23.5. The number of para-hydroxylation sites is 2. The Balaban J connectivity index is 1.35. The number of rotatable bonds is 2. The van der Waals surface area contributed by atoms with E-state index >= 15 is 0 Å². The minimum Gasteiger partial charge on any atom is -0.437 e. The average molecular weight is 562 g/mol. The lowest BCUT2D eigenvalue weighted by atomic mass is 9.94. The number of benzene rings is 7. The van der Waals surface area contributed by atoms with Crippen LogP contribution < -0.4 is 0 Å². The third-order valence-electron chi connectivity index (χ3n) is 9.01. The van der Waals surface area contributed by atoms with Crippen molar-refractivity contribution < 1.29 is 4.42 Å². The zero-order valence-corrected chi connectivity index (χ0v) is 23.5. The van der Waals surface area contributed by atoms with Crippen molar-refractivity contribution in [2.75, 3.05) is 0 Å². The van der Waals surface area contributed by atoms with Crippen LogP contribution in [0, 0.1) is 0 Å². The molecule has 3 aromatic heterocycles. The average Bonchev–Trinajstić information content (AvgIpc) is 3.63. The van der Waals surface area contributed by atoms with E-state index in [1.807, 2.05) is 36.4 Å². The highest BCUT2D eigenvalue weighted by Crippen LogP contribution is 2.41. The fourth-order valence-electron chi connectivity index (χ4n) is 7.11. The van der Waals surface area contributed by atoms with Crippen molar-refractivity contribution in [2.24, 2.45) is 0 Å². The van der Waals surface area contributed by atoms with Crippen LogP contribution in [0.3, 0.4) is 0 Å². The monoisotopic (exact) mass is 561 g/mol. The smallest absolute Gasteiger partial charge is 0.238 e. The first-order valence-corrected chi connectivity index (χ1v) is 14.8. The maximum absolute atomic E-state index is 6.37. The lowest BCUT2D eigenvalue weighted by Gasteiger charge is -2.11. The summed E-state index contributed by atoms with van der Waals surface area (Å²) in [6, 6.07) is 49.1. The highest BCUT2D eigenvalue weighted by atomic mass is 16.3. The van der Waals surface area contributed by atoms with Crippen LogP contribution in [-0.2, 0) is 0 Å². The van der Waals surface area contributed by atoms with Crippen molar-refractivity contribution in [1.29, 1.82) is 0 Å². The van der Waals surface area contributed by atoms with Crippen LogP contribution in [-0.4, -0.2) is 14.5 Å². The van der Waals surface area contributed by atoms with Gasteiger partial charge in [-0.3, -0.25) is 4.57 Å². The van der Waals surface area contributed by atoms with Gasteiger partial charge in [-0.2, -0.15) is 4.98 Å². The molecule has 0 radical (unpaired) electrons. The van der Waals surface area contributed by atoms with Crippen molar-refractivity contribution in [3.05, 3.63) is 140 Å². The Hall–Kier alpha value is -6.00. The molecule has 0 saturated carbocycles. The molecule has 44 heavy (non-hydrogen) atoms. The number of nitrogens with zero attached hydrogens (tertiary/aromatic N) is 3. The van der Waals surface area contributed by atoms with Gasteiger partial charge in [0.1, 0.15) is 5.58 Å². The molecule has 0 unspecified atom stereocenters. The summed E-state index contributed by atoms with van der Waals surface area (Å²) in [6.07, 6.45) is 0. The standard InChI is InChI=1S/C40H23N3O/c1-2-11-26(12-3-1)38-37-31-15-7-9-17-34(31)44-39(37)42-40(41-38)43-32-16-8-6-14-30(32)36-29-21-20-25-19-18-24-10-4-5-13-27(24)35(25)28(29)22-23-33(36)43/h1-23H. The number of aromatic nitrogens is 3. The summed E-state index contributed by atoms with van der Waals surface area (Å²) >= 11 is 0. The van der Waals surface area contributed by atoms with Crippen molar-refractivity contribution in [2.45, 2.75) is 0 Å². The topological polar surface area (TPSA) is 43.9 Å². The Labute approximate surface area is 251 Å². The first-order chi connectivity index (χ1) is 21.8. The van der Waals surface area contributed by atoms with Gasteiger partial charge in [0.15, 0.2) is 0 Å². The Morgan fingerprint density at radius 1 is 0.432 bits per heavy atom. The van der Waals surface area contributed by atoms with Gasteiger partial charge in [0.25, 0.3) is 0 Å². The van der Waals surface area contributed by atoms with Gasteiger partial charge >= 0.3 is 0 Å². The second-order valence-electron chi connectivity index (χ2n) is 11.4. The van der Waals surface area contributed by atoms with Crippen LogP contribution in [0.1, 0.15) is 0 Å². The van der Waals surface area contributed by atoms with Crippen molar-refractivity contribution in [1.82, 2.24) is 14.5 Å². The fourth-order valence-corrected chi connectivity index (χ4v) is 7.11. The van der Waals surface area contributed by atoms with E-state index in [1.54, 1.807) is 0 Å². The number of hydrogen-bond acceptors (Lipinski definition) is 3. The quantitative estimate of drug-likeness (QED) is 0.197. The van der Waals surface area contributed by atoms with E-state index < -0.39 is 0 Å². The molecule has 3 heterocycles. The second kappa shape index (κ2) is 8.76. The van der Waals surface area contributed by atoms with Gasteiger partial charge in [0, 0.05) is 21.7 Å². The van der Waals surface area contributed by atoms with E-state index in [1.165, 1.54) is 43.1 Å². The van der Waals surface area contributed by atoms with Crippen LogP contribution >= 0.6 is 0 Å². The number of fused-ring (bicyclic) bond motifs is 12. The normalized spacial score (nSPS) is 12.1. The molecule has 10 rings (SSSR count). The Morgan fingerprint density at radius 2 is 1.11 bits per heavy atom. The largest absolute Gasteiger partial charge is 0.437 e. The first kappa shape index (κ1) is 23.6. The van der Waals surface area contributed by atoms with Crippen LogP contribution in [0.4, 0.5) is 0 Å². The molecule has 10 aromatic rings. The molecule has 7 aromatic carbocycles. The van der Waals surface area contributed by atoms with Crippen LogP contribution in [0.15, 0.2) is 144 Å². The van der Waals surface area contributed by atoms with Crippen molar-refractivity contribution >= 4 is 76.2 Å². The summed E-state index contributed by atoms with van der Waals surface area (Å²) in [5, 5.41) is 11.8. The molecule has 0 fully saturated rings. The molecule has 0 atom stereocenters. The molecular weight excluding hydrogens is 538 g/mol. The molecule has 0 amide bonds. The van der Waals surface area contributed by atoms with Gasteiger partial charge < -0.3 is 4.42 Å². The number of hydrogen-bond donors (Lipinski definition) is 0. The summed E-state index contributed by atoms with van der Waals surface area (Å²) in [7, 11) is 0. The van der Waals surface area contributed by atoms with Gasteiger partial charge in [0.05, 0.1) is 22.1 Å². The summed E-state index contributed by atoms with van der Waals surface area (Å²) in [5.74, 6) is 0.590. The predicted octanol–water partition coefficient (Wildman–Crippen LogP) is 10.6. The molecule has 0 aliphatic carbocycles. The van der Waals surface area contributed by atoms with Gasteiger partial charge in [-0.15, -0.1) is 0 Å². The van der Waals surface area contributed by atoms with Gasteiger partial charge in [-0.05, 0) is 50.5 Å². The van der Waals surface area contributed by atoms with Crippen LogP contribution in [0.2, 0.25) is 0 Å². The first-order valence-electron chi connectivity index (χ1n) is 14.8. The van der Waals surface area contributed by atoms with Crippen molar-refractivity contribution in [3.63, 3.8) is 0 Å². The highest BCUT2D eigenvalue weighted by Gasteiger charge is 2.22. The lowest BCUT2D eigenvalue weighted by Crippen LogP contribution is -2.02. The van der Waals surface area contributed by atoms with E-state index in [0.717, 1.165) is 38.6 Å². The summed E-state index contributed by atoms with van der Waals surface area (Å²) < 4.78 is 8.56. The highest BCUT2D eigenvalue weighted by molar-refractivity contribution is 6.29. The van der Waals surface area contributed by atoms with E-state index in [4.69, 9.17) is 14.4 Å². The maximum atomic E-state index is 6.37. The Kier molecular flexibility index (Phi) is 4.69. The third kappa shape index (κ3) is 3.17. The summed E-state index contributed by atoms with van der Waals surface area (Å²) in [4.78, 5) is 10.4. The Bertz CT molecular complexity index is 2770. The van der Waals surface area contributed by atoms with Gasteiger partial charge in [0.2, 0.25) is 11.7 Å².